The van der Waals surface area contributed by atoms with E-state index >= 15 is 0 Å². The van der Waals surface area contributed by atoms with Crippen LogP contribution in [0.2, 0.25) is 0 Å². The zero-order valence-electron chi connectivity index (χ0n) is 11.4. The van der Waals surface area contributed by atoms with E-state index in [1.807, 2.05) is 10.9 Å². The first kappa shape index (κ1) is 14.2. The van der Waals surface area contributed by atoms with E-state index in [1.165, 1.54) is 25.0 Å². The van der Waals surface area contributed by atoms with Gasteiger partial charge in [0.2, 0.25) is 0 Å². The third kappa shape index (κ3) is 4.86. The van der Waals surface area contributed by atoms with Crippen LogP contribution in [-0.4, -0.2) is 27.6 Å². The molecule has 1 N–H and O–H groups in total. The van der Waals surface area contributed by atoms with E-state index in [-0.39, 0.29) is 0 Å². The van der Waals surface area contributed by atoms with Crippen molar-refractivity contribution >= 4 is 0 Å². The van der Waals surface area contributed by atoms with E-state index < -0.39 is 0 Å². The van der Waals surface area contributed by atoms with Crippen LogP contribution in [0, 0.1) is 0 Å². The molecule has 1 unspecified atom stereocenters. The molecular formula is C13H26N4. The first-order valence-corrected chi connectivity index (χ1v) is 6.92. The van der Waals surface area contributed by atoms with Crippen LogP contribution in [0.15, 0.2) is 6.20 Å². The van der Waals surface area contributed by atoms with Crippen LogP contribution in [0.5, 0.6) is 0 Å². The molecule has 0 aliphatic carbocycles. The third-order valence-electron chi connectivity index (χ3n) is 3.01. The highest BCUT2D eigenvalue weighted by atomic mass is 15.4. The van der Waals surface area contributed by atoms with Gasteiger partial charge in [0.15, 0.2) is 0 Å². The van der Waals surface area contributed by atoms with Crippen LogP contribution in [0.3, 0.4) is 0 Å². The minimum Gasteiger partial charge on any atom is -0.314 e. The summed E-state index contributed by atoms with van der Waals surface area (Å²) in [4.78, 5) is 0. The van der Waals surface area contributed by atoms with E-state index in [0.717, 1.165) is 25.9 Å². The van der Waals surface area contributed by atoms with Crippen molar-refractivity contribution in [1.82, 2.24) is 20.3 Å². The molecule has 0 aromatic carbocycles. The van der Waals surface area contributed by atoms with Gasteiger partial charge in [0, 0.05) is 12.6 Å². The van der Waals surface area contributed by atoms with Crippen LogP contribution in [-0.2, 0) is 13.0 Å². The quantitative estimate of drug-likeness (QED) is 0.718. The second kappa shape index (κ2) is 8.23. The summed E-state index contributed by atoms with van der Waals surface area (Å²) in [6.07, 6.45) is 7.77. The van der Waals surface area contributed by atoms with Crippen LogP contribution < -0.4 is 5.32 Å². The molecule has 0 aliphatic heterocycles. The van der Waals surface area contributed by atoms with Crippen molar-refractivity contribution in [3.8, 4) is 0 Å². The van der Waals surface area contributed by atoms with Crippen LogP contribution >= 0.6 is 0 Å². The zero-order valence-corrected chi connectivity index (χ0v) is 11.4. The van der Waals surface area contributed by atoms with Crippen molar-refractivity contribution in [2.75, 3.05) is 6.54 Å². The van der Waals surface area contributed by atoms with Gasteiger partial charge in [0.05, 0.1) is 11.9 Å². The number of rotatable bonds is 9. The second-order valence-electron chi connectivity index (χ2n) is 4.53. The maximum Gasteiger partial charge on any atom is 0.0725 e. The molecule has 1 atom stereocenters. The first-order chi connectivity index (χ1) is 8.31. The van der Waals surface area contributed by atoms with E-state index in [0.29, 0.717) is 6.04 Å². The van der Waals surface area contributed by atoms with E-state index in [4.69, 9.17) is 0 Å². The summed E-state index contributed by atoms with van der Waals surface area (Å²) in [6, 6.07) is 0.634. The normalized spacial score (nSPS) is 12.9. The molecule has 0 saturated heterocycles. The monoisotopic (exact) mass is 238 g/mol. The SMILES string of the molecule is CCCC(CCc1cnnn1CCC)NCC. The maximum absolute atomic E-state index is 4.12. The predicted octanol–water partition coefficient (Wildman–Crippen LogP) is 2.40. The largest absolute Gasteiger partial charge is 0.314 e. The maximum atomic E-state index is 4.12. The van der Waals surface area contributed by atoms with Gasteiger partial charge in [-0.1, -0.05) is 32.4 Å². The summed E-state index contributed by atoms with van der Waals surface area (Å²) >= 11 is 0. The first-order valence-electron chi connectivity index (χ1n) is 6.92. The highest BCUT2D eigenvalue weighted by Crippen LogP contribution is 2.08. The Labute approximate surface area is 105 Å². The zero-order chi connectivity index (χ0) is 12.5. The van der Waals surface area contributed by atoms with Gasteiger partial charge in [-0.15, -0.1) is 5.10 Å². The van der Waals surface area contributed by atoms with Gasteiger partial charge in [0.1, 0.15) is 0 Å². The summed E-state index contributed by atoms with van der Waals surface area (Å²) < 4.78 is 2.04. The highest BCUT2D eigenvalue weighted by Gasteiger charge is 2.09. The fraction of sp³-hybridized carbons (Fsp3) is 0.846. The second-order valence-corrected chi connectivity index (χ2v) is 4.53. The van der Waals surface area contributed by atoms with E-state index in [9.17, 15) is 0 Å². The molecular weight excluding hydrogens is 212 g/mol. The summed E-state index contributed by atoms with van der Waals surface area (Å²) in [5.74, 6) is 0. The van der Waals surface area contributed by atoms with E-state index in [1.54, 1.807) is 0 Å². The van der Waals surface area contributed by atoms with Crippen LogP contribution in [0.4, 0.5) is 0 Å². The summed E-state index contributed by atoms with van der Waals surface area (Å²) in [6.45, 7) is 8.62. The predicted molar refractivity (Wildman–Crippen MR) is 71.0 cm³/mol. The Kier molecular flexibility index (Phi) is 6.86. The third-order valence-corrected chi connectivity index (χ3v) is 3.01. The minimum atomic E-state index is 0.634. The molecule has 0 spiro atoms. The Hall–Kier alpha value is -0.900. The van der Waals surface area contributed by atoms with Gasteiger partial charge in [-0.05, 0) is 32.2 Å². The van der Waals surface area contributed by atoms with Crippen LogP contribution in [0.25, 0.3) is 0 Å². The fourth-order valence-corrected chi connectivity index (χ4v) is 2.18. The summed E-state index contributed by atoms with van der Waals surface area (Å²) in [5, 5.41) is 11.7. The van der Waals surface area contributed by atoms with Crippen molar-refractivity contribution in [2.45, 2.75) is 65.5 Å². The lowest BCUT2D eigenvalue weighted by molar-refractivity contribution is 0.449. The molecule has 0 bridgehead atoms. The Morgan fingerprint density at radius 2 is 2.06 bits per heavy atom. The van der Waals surface area contributed by atoms with Gasteiger partial charge in [-0.3, -0.25) is 0 Å². The lowest BCUT2D eigenvalue weighted by Gasteiger charge is -2.16. The molecule has 1 heterocycles. The lowest BCUT2D eigenvalue weighted by atomic mass is 10.1. The average Bonchev–Trinajstić information content (AvgIpc) is 2.75. The molecule has 98 valence electrons. The van der Waals surface area contributed by atoms with Gasteiger partial charge in [-0.25, -0.2) is 4.68 Å². The molecule has 0 fully saturated rings. The minimum absolute atomic E-state index is 0.634. The Balaban J connectivity index is 2.43. The van der Waals surface area contributed by atoms with Gasteiger partial charge >= 0.3 is 0 Å². The molecule has 0 saturated carbocycles. The number of nitrogens with zero attached hydrogens (tertiary/aromatic N) is 3. The molecule has 0 aliphatic rings. The Morgan fingerprint density at radius 3 is 2.71 bits per heavy atom. The van der Waals surface area contributed by atoms with Crippen LogP contribution in [0.1, 0.15) is 52.1 Å². The number of aryl methyl sites for hydroxylation is 2. The number of hydrogen-bond acceptors (Lipinski definition) is 3. The molecule has 0 radical (unpaired) electrons. The molecule has 4 heteroatoms. The molecule has 4 nitrogen and oxygen atoms in total. The Bertz CT molecular complexity index is 289. The van der Waals surface area contributed by atoms with Crippen molar-refractivity contribution in [3.05, 3.63) is 11.9 Å². The molecule has 1 rings (SSSR count). The summed E-state index contributed by atoms with van der Waals surface area (Å²) in [5.41, 5.74) is 1.27. The average molecular weight is 238 g/mol. The van der Waals surface area contributed by atoms with Crippen molar-refractivity contribution in [3.63, 3.8) is 0 Å². The smallest absolute Gasteiger partial charge is 0.0725 e. The van der Waals surface area contributed by atoms with Crippen molar-refractivity contribution in [2.24, 2.45) is 0 Å². The number of hydrogen-bond donors (Lipinski definition) is 1. The standard InChI is InChI=1S/C13H26N4/c1-4-7-12(14-6-3)8-9-13-11-15-16-17(13)10-5-2/h11-12,14H,4-10H2,1-3H3. The summed E-state index contributed by atoms with van der Waals surface area (Å²) in [7, 11) is 0. The van der Waals surface area contributed by atoms with Gasteiger partial charge < -0.3 is 5.32 Å². The fourth-order valence-electron chi connectivity index (χ4n) is 2.18. The highest BCUT2D eigenvalue weighted by molar-refractivity contribution is 4.95. The van der Waals surface area contributed by atoms with Gasteiger partial charge in [0.25, 0.3) is 0 Å². The topological polar surface area (TPSA) is 42.7 Å². The number of aromatic nitrogens is 3. The molecule has 1 aromatic rings. The van der Waals surface area contributed by atoms with Crippen molar-refractivity contribution in [1.29, 1.82) is 0 Å². The molecule has 1 aromatic heterocycles. The lowest BCUT2D eigenvalue weighted by Crippen LogP contribution is -2.29. The Morgan fingerprint density at radius 1 is 1.24 bits per heavy atom. The number of nitrogens with one attached hydrogen (secondary N) is 1. The molecule has 0 amide bonds. The molecule has 17 heavy (non-hydrogen) atoms. The van der Waals surface area contributed by atoms with E-state index in [2.05, 4.69) is 36.4 Å². The van der Waals surface area contributed by atoms with Gasteiger partial charge in [-0.2, -0.15) is 0 Å². The van der Waals surface area contributed by atoms with Crippen molar-refractivity contribution < 1.29 is 0 Å².